The van der Waals surface area contributed by atoms with Crippen LogP contribution in [0.3, 0.4) is 0 Å². The number of aromatic nitrogens is 3. The maximum Gasteiger partial charge on any atom is 0.419 e. The summed E-state index contributed by atoms with van der Waals surface area (Å²) < 4.78 is 53.2. The number of benzene rings is 1. The van der Waals surface area contributed by atoms with Crippen molar-refractivity contribution in [1.82, 2.24) is 14.5 Å². The lowest BCUT2D eigenvalue weighted by Crippen LogP contribution is -2.22. The maximum absolute atomic E-state index is 13.5. The van der Waals surface area contributed by atoms with Crippen molar-refractivity contribution < 1.29 is 22.6 Å². The number of ether oxygens (including phenoxy) is 2. The monoisotopic (exact) mass is 453 g/mol. The molecule has 1 N–H and O–H groups in total. The van der Waals surface area contributed by atoms with Crippen molar-refractivity contribution in [3.63, 3.8) is 0 Å². The van der Waals surface area contributed by atoms with Crippen LogP contribution in [0.2, 0.25) is 25.7 Å². The largest absolute Gasteiger partial charge is 0.419 e. The number of pyridine rings is 1. The van der Waals surface area contributed by atoms with Gasteiger partial charge >= 0.3 is 6.18 Å². The molecule has 0 radical (unpaired) electrons. The molecule has 0 unspecified atom stereocenters. The molecule has 0 aliphatic rings. The third-order valence-electron chi connectivity index (χ3n) is 4.73. The van der Waals surface area contributed by atoms with E-state index in [4.69, 9.17) is 9.47 Å². The fraction of sp³-hybridized carbons (Fsp3) is 0.429. The first-order valence-electron chi connectivity index (χ1n) is 9.94. The van der Waals surface area contributed by atoms with Crippen molar-refractivity contribution >= 4 is 19.1 Å². The maximum atomic E-state index is 13.5. The Kier molecular flexibility index (Phi) is 7.02. The van der Waals surface area contributed by atoms with Crippen LogP contribution >= 0.6 is 0 Å². The van der Waals surface area contributed by atoms with Crippen molar-refractivity contribution in [3.05, 3.63) is 63.8 Å². The summed E-state index contributed by atoms with van der Waals surface area (Å²) >= 11 is 0. The molecule has 1 aromatic carbocycles. The van der Waals surface area contributed by atoms with E-state index in [1.54, 1.807) is 0 Å². The second-order valence-electron chi connectivity index (χ2n) is 8.51. The number of alkyl halides is 3. The Morgan fingerprint density at radius 2 is 1.81 bits per heavy atom. The highest BCUT2D eigenvalue weighted by atomic mass is 28.3. The molecule has 0 spiro atoms. The van der Waals surface area contributed by atoms with Gasteiger partial charge in [-0.05, 0) is 11.6 Å². The Labute approximate surface area is 179 Å². The fourth-order valence-electron chi connectivity index (χ4n) is 3.03. The van der Waals surface area contributed by atoms with Gasteiger partial charge in [0.1, 0.15) is 30.2 Å². The smallest absolute Gasteiger partial charge is 0.369 e. The summed E-state index contributed by atoms with van der Waals surface area (Å²) in [4.78, 5) is 18.7. The molecule has 2 heterocycles. The number of fused-ring (bicyclic) bond motifs is 1. The van der Waals surface area contributed by atoms with E-state index in [2.05, 4.69) is 29.6 Å². The van der Waals surface area contributed by atoms with Crippen LogP contribution in [0.4, 0.5) is 13.2 Å². The Morgan fingerprint density at radius 1 is 1.10 bits per heavy atom. The number of nitrogens with zero attached hydrogens (tertiary/aromatic N) is 2. The van der Waals surface area contributed by atoms with Crippen molar-refractivity contribution in [3.8, 4) is 0 Å². The molecule has 0 atom stereocenters. The van der Waals surface area contributed by atoms with Crippen LogP contribution in [0.5, 0.6) is 0 Å². The van der Waals surface area contributed by atoms with E-state index in [1.165, 1.54) is 4.57 Å². The van der Waals surface area contributed by atoms with Gasteiger partial charge in [0, 0.05) is 20.9 Å². The lowest BCUT2D eigenvalue weighted by molar-refractivity contribution is -0.136. The van der Waals surface area contributed by atoms with Crippen LogP contribution < -0.4 is 5.56 Å². The van der Waals surface area contributed by atoms with E-state index in [0.29, 0.717) is 12.8 Å². The summed E-state index contributed by atoms with van der Waals surface area (Å²) in [5.74, 6) is 0.209. The normalized spacial score (nSPS) is 12.6. The average molecular weight is 454 g/mol. The highest BCUT2D eigenvalue weighted by Gasteiger charge is 2.35. The number of H-pyrrole nitrogens is 1. The lowest BCUT2D eigenvalue weighted by atomic mass is 10.2. The van der Waals surface area contributed by atoms with Crippen LogP contribution in [0, 0.1) is 0 Å². The number of aromatic amines is 1. The third kappa shape index (κ3) is 6.05. The molecular formula is C21H26F3N3O3Si. The summed E-state index contributed by atoms with van der Waals surface area (Å²) in [5.41, 5.74) is -1.29. The number of hydrogen-bond acceptors (Lipinski definition) is 4. The summed E-state index contributed by atoms with van der Waals surface area (Å²) in [6.07, 6.45) is -3.99. The lowest BCUT2D eigenvalue weighted by Gasteiger charge is -2.16. The second kappa shape index (κ2) is 9.37. The topological polar surface area (TPSA) is 69.1 Å². The van der Waals surface area contributed by atoms with Crippen molar-refractivity contribution in [2.45, 2.75) is 51.8 Å². The van der Waals surface area contributed by atoms with Gasteiger partial charge in [-0.15, -0.1) is 0 Å². The molecule has 3 rings (SSSR count). The Morgan fingerprint density at radius 3 is 2.45 bits per heavy atom. The number of halogens is 3. The molecule has 31 heavy (non-hydrogen) atoms. The van der Waals surface area contributed by atoms with E-state index < -0.39 is 30.9 Å². The zero-order chi connectivity index (χ0) is 22.6. The minimum absolute atomic E-state index is 0.0578. The Bertz CT molecular complexity index is 1070. The van der Waals surface area contributed by atoms with Crippen LogP contribution in [-0.4, -0.2) is 29.2 Å². The van der Waals surface area contributed by atoms with Gasteiger partial charge in [-0.1, -0.05) is 50.0 Å². The standard InChI is InChI=1S/C21H26F3N3O3Si/c1-31(2,3)10-9-29-14-27-17(13-30-12-15-7-5-4-6-8-15)26-18-16(21(22,23)24)11-25-20(28)19(18)27/h4-8,11H,9-10,12-14H2,1-3H3,(H,25,28). The first-order chi connectivity index (χ1) is 14.6. The first-order valence-corrected chi connectivity index (χ1v) is 13.6. The molecule has 2 aromatic heterocycles. The molecule has 0 fully saturated rings. The second-order valence-corrected chi connectivity index (χ2v) is 14.1. The Hall–Kier alpha value is -2.43. The Balaban J connectivity index is 1.90. The number of rotatable bonds is 9. The van der Waals surface area contributed by atoms with Crippen LogP contribution in [-0.2, 0) is 35.6 Å². The summed E-state index contributed by atoms with van der Waals surface area (Å²) in [5, 5.41) is 0. The molecule has 0 aliphatic carbocycles. The average Bonchev–Trinajstić information content (AvgIpc) is 3.03. The molecule has 0 aliphatic heterocycles. The number of nitrogens with one attached hydrogen (secondary N) is 1. The zero-order valence-corrected chi connectivity index (χ0v) is 18.8. The zero-order valence-electron chi connectivity index (χ0n) is 17.8. The fourth-order valence-corrected chi connectivity index (χ4v) is 3.78. The first kappa shape index (κ1) is 23.2. The molecule has 6 nitrogen and oxygen atoms in total. The minimum Gasteiger partial charge on any atom is -0.369 e. The van der Waals surface area contributed by atoms with Gasteiger partial charge in [-0.3, -0.25) is 9.36 Å². The van der Waals surface area contributed by atoms with Crippen molar-refractivity contribution in [2.75, 3.05) is 6.61 Å². The predicted molar refractivity (Wildman–Crippen MR) is 114 cm³/mol. The van der Waals surface area contributed by atoms with Gasteiger partial charge < -0.3 is 14.5 Å². The number of imidazole rings is 1. The van der Waals surface area contributed by atoms with Gasteiger partial charge in [0.05, 0.1) is 12.2 Å². The highest BCUT2D eigenvalue weighted by molar-refractivity contribution is 6.76. The third-order valence-corrected chi connectivity index (χ3v) is 6.43. The highest BCUT2D eigenvalue weighted by Crippen LogP contribution is 2.33. The van der Waals surface area contributed by atoms with E-state index in [0.717, 1.165) is 11.6 Å². The molecule has 0 amide bonds. The predicted octanol–water partition coefficient (Wildman–Crippen LogP) is 4.77. The molecule has 0 saturated carbocycles. The van der Waals surface area contributed by atoms with E-state index in [9.17, 15) is 18.0 Å². The van der Waals surface area contributed by atoms with Gasteiger partial charge in [-0.25, -0.2) is 4.98 Å². The molecule has 0 saturated heterocycles. The van der Waals surface area contributed by atoms with Crippen molar-refractivity contribution in [2.24, 2.45) is 0 Å². The van der Waals surface area contributed by atoms with Gasteiger partial charge in [0.15, 0.2) is 0 Å². The molecule has 3 aromatic rings. The van der Waals surface area contributed by atoms with E-state index in [-0.39, 0.29) is 31.3 Å². The molecule has 10 heteroatoms. The van der Waals surface area contributed by atoms with Crippen LogP contribution in [0.25, 0.3) is 11.0 Å². The van der Waals surface area contributed by atoms with Crippen molar-refractivity contribution in [1.29, 1.82) is 0 Å². The van der Waals surface area contributed by atoms with Gasteiger partial charge in [-0.2, -0.15) is 13.2 Å². The SMILES string of the molecule is C[Si](C)(C)CCOCn1c(COCc2ccccc2)nc2c(C(F)(F)F)c[nH]c(=O)c21. The molecule has 0 bridgehead atoms. The number of hydrogen-bond donors (Lipinski definition) is 1. The van der Waals surface area contributed by atoms with Gasteiger partial charge in [0.2, 0.25) is 0 Å². The summed E-state index contributed by atoms with van der Waals surface area (Å²) in [6.45, 7) is 7.19. The van der Waals surface area contributed by atoms with Crippen LogP contribution in [0.1, 0.15) is 17.0 Å². The summed E-state index contributed by atoms with van der Waals surface area (Å²) in [7, 11) is -1.34. The molecular weight excluding hydrogens is 427 g/mol. The summed E-state index contributed by atoms with van der Waals surface area (Å²) in [6, 6.07) is 10.3. The minimum atomic E-state index is -4.65. The molecule has 168 valence electrons. The van der Waals surface area contributed by atoms with E-state index in [1.807, 2.05) is 30.3 Å². The van der Waals surface area contributed by atoms with Gasteiger partial charge in [0.25, 0.3) is 5.56 Å². The van der Waals surface area contributed by atoms with Crippen LogP contribution in [0.15, 0.2) is 41.3 Å². The quantitative estimate of drug-likeness (QED) is 0.374. The van der Waals surface area contributed by atoms with E-state index >= 15 is 0 Å².